The topological polar surface area (TPSA) is 45.2 Å². The third kappa shape index (κ3) is 5.56. The third-order valence-electron chi connectivity index (χ3n) is 3.94. The summed E-state index contributed by atoms with van der Waals surface area (Å²) in [6.45, 7) is 9.24. The molecule has 2 heterocycles. The molecule has 1 aliphatic heterocycles. The van der Waals surface area contributed by atoms with E-state index in [-0.39, 0.29) is 10.7 Å². The SMILES string of the molecule is CC(C)(C)SCC(=O)Nc1nc2c(s1)CN(Cc1ccccc1)CC2. The number of carbonyl (C=O) groups excluding carboxylic acids is 1. The number of nitrogens with zero attached hydrogens (tertiary/aromatic N) is 2. The van der Waals surface area contributed by atoms with E-state index < -0.39 is 0 Å². The Kier molecular flexibility index (Phi) is 5.81. The normalized spacial score (nSPS) is 15.0. The number of anilines is 1. The average Bonchev–Trinajstić information content (AvgIpc) is 2.95. The summed E-state index contributed by atoms with van der Waals surface area (Å²) in [6, 6.07) is 10.6. The van der Waals surface area contributed by atoms with E-state index in [1.165, 1.54) is 10.4 Å². The van der Waals surface area contributed by atoms with Gasteiger partial charge in [0.1, 0.15) is 0 Å². The minimum atomic E-state index is 0.0344. The predicted molar refractivity (Wildman–Crippen MR) is 107 cm³/mol. The Morgan fingerprint density at radius 2 is 2.08 bits per heavy atom. The molecule has 1 aromatic heterocycles. The van der Waals surface area contributed by atoms with Crippen molar-refractivity contribution in [3.05, 3.63) is 46.5 Å². The zero-order valence-corrected chi connectivity index (χ0v) is 16.7. The molecule has 134 valence electrons. The standard InChI is InChI=1S/C19H25N3OS2/c1-19(2,3)24-13-17(23)21-18-20-15-9-10-22(12-16(15)25-18)11-14-7-5-4-6-8-14/h4-8H,9-13H2,1-3H3,(H,20,21,23). The van der Waals surface area contributed by atoms with Crippen LogP contribution in [0.15, 0.2) is 30.3 Å². The van der Waals surface area contributed by atoms with Gasteiger partial charge in [0.2, 0.25) is 5.91 Å². The molecule has 0 unspecified atom stereocenters. The summed E-state index contributed by atoms with van der Waals surface area (Å²) in [7, 11) is 0. The number of hydrogen-bond donors (Lipinski definition) is 1. The van der Waals surface area contributed by atoms with Crippen molar-refractivity contribution in [2.45, 2.75) is 45.0 Å². The van der Waals surface area contributed by atoms with E-state index in [0.29, 0.717) is 5.75 Å². The van der Waals surface area contributed by atoms with Crippen LogP contribution in [-0.2, 0) is 24.3 Å². The van der Waals surface area contributed by atoms with Gasteiger partial charge in [-0.25, -0.2) is 4.98 Å². The molecule has 4 nitrogen and oxygen atoms in total. The lowest BCUT2D eigenvalue weighted by Gasteiger charge is -2.25. The van der Waals surface area contributed by atoms with Crippen LogP contribution in [0.3, 0.4) is 0 Å². The molecule has 0 saturated heterocycles. The lowest BCUT2D eigenvalue weighted by molar-refractivity contribution is -0.113. The zero-order valence-electron chi connectivity index (χ0n) is 15.0. The van der Waals surface area contributed by atoms with Crippen molar-refractivity contribution in [2.75, 3.05) is 17.6 Å². The fourth-order valence-corrected chi connectivity index (χ4v) is 4.42. The second-order valence-corrected chi connectivity index (χ2v) is 10.2. The summed E-state index contributed by atoms with van der Waals surface area (Å²) in [5.41, 5.74) is 2.48. The number of benzene rings is 1. The number of hydrogen-bond acceptors (Lipinski definition) is 5. The van der Waals surface area contributed by atoms with Crippen molar-refractivity contribution in [3.8, 4) is 0 Å². The molecule has 0 fully saturated rings. The number of amides is 1. The van der Waals surface area contributed by atoms with Gasteiger partial charge >= 0.3 is 0 Å². The number of aromatic nitrogens is 1. The molecular formula is C19H25N3OS2. The Balaban J connectivity index is 1.56. The van der Waals surface area contributed by atoms with E-state index >= 15 is 0 Å². The molecule has 0 spiro atoms. The molecule has 0 aliphatic carbocycles. The maximum atomic E-state index is 12.1. The van der Waals surface area contributed by atoms with Crippen LogP contribution >= 0.6 is 23.1 Å². The van der Waals surface area contributed by atoms with Crippen molar-refractivity contribution < 1.29 is 4.79 Å². The van der Waals surface area contributed by atoms with Gasteiger partial charge in [0.05, 0.1) is 11.4 Å². The average molecular weight is 376 g/mol. The van der Waals surface area contributed by atoms with Crippen LogP contribution < -0.4 is 5.32 Å². The number of carbonyl (C=O) groups is 1. The highest BCUT2D eigenvalue weighted by molar-refractivity contribution is 8.01. The summed E-state index contributed by atoms with van der Waals surface area (Å²) in [5, 5.41) is 3.71. The van der Waals surface area contributed by atoms with E-state index in [9.17, 15) is 4.79 Å². The number of thiazole rings is 1. The van der Waals surface area contributed by atoms with Gasteiger partial charge in [0, 0.05) is 35.7 Å². The van der Waals surface area contributed by atoms with Crippen molar-refractivity contribution in [3.63, 3.8) is 0 Å². The maximum absolute atomic E-state index is 12.1. The van der Waals surface area contributed by atoms with Gasteiger partial charge < -0.3 is 5.32 Å². The van der Waals surface area contributed by atoms with Crippen LogP contribution in [0.2, 0.25) is 0 Å². The lowest BCUT2D eigenvalue weighted by Crippen LogP contribution is -2.29. The Morgan fingerprint density at radius 1 is 1.32 bits per heavy atom. The molecule has 2 aromatic rings. The van der Waals surface area contributed by atoms with Gasteiger partial charge in [-0.2, -0.15) is 0 Å². The Morgan fingerprint density at radius 3 is 2.80 bits per heavy atom. The van der Waals surface area contributed by atoms with Crippen LogP contribution in [0.4, 0.5) is 5.13 Å². The van der Waals surface area contributed by atoms with Crippen LogP contribution in [0, 0.1) is 0 Å². The summed E-state index contributed by atoms with van der Waals surface area (Å²) >= 11 is 3.27. The van der Waals surface area contributed by atoms with Crippen molar-refractivity contribution in [1.29, 1.82) is 0 Å². The Hall–Kier alpha value is -1.37. The quantitative estimate of drug-likeness (QED) is 0.852. The molecule has 0 atom stereocenters. The van der Waals surface area contributed by atoms with Gasteiger partial charge in [-0.05, 0) is 5.56 Å². The minimum Gasteiger partial charge on any atom is -0.301 e. The molecule has 1 aromatic carbocycles. The summed E-state index contributed by atoms with van der Waals surface area (Å²) < 4.78 is 0.0946. The molecule has 0 bridgehead atoms. The largest absolute Gasteiger partial charge is 0.301 e. The monoisotopic (exact) mass is 375 g/mol. The smallest absolute Gasteiger partial charge is 0.236 e. The fraction of sp³-hybridized carbons (Fsp3) is 0.474. The van der Waals surface area contributed by atoms with Gasteiger partial charge in [0.15, 0.2) is 5.13 Å². The predicted octanol–water partition coefficient (Wildman–Crippen LogP) is 4.17. The molecule has 0 radical (unpaired) electrons. The number of fused-ring (bicyclic) bond motifs is 1. The van der Waals surface area contributed by atoms with E-state index in [2.05, 4.69) is 60.2 Å². The zero-order chi connectivity index (χ0) is 17.9. The van der Waals surface area contributed by atoms with E-state index in [4.69, 9.17) is 0 Å². The molecule has 3 rings (SSSR count). The number of rotatable bonds is 5. The van der Waals surface area contributed by atoms with Crippen molar-refractivity contribution in [1.82, 2.24) is 9.88 Å². The van der Waals surface area contributed by atoms with Crippen LogP contribution in [0.25, 0.3) is 0 Å². The number of nitrogens with one attached hydrogen (secondary N) is 1. The van der Waals surface area contributed by atoms with Crippen LogP contribution in [-0.4, -0.2) is 32.8 Å². The third-order valence-corrected chi connectivity index (χ3v) is 6.21. The lowest BCUT2D eigenvalue weighted by atomic mass is 10.1. The minimum absolute atomic E-state index is 0.0344. The highest BCUT2D eigenvalue weighted by Crippen LogP contribution is 2.29. The van der Waals surface area contributed by atoms with Gasteiger partial charge in [-0.3, -0.25) is 9.69 Å². The van der Waals surface area contributed by atoms with E-state index in [0.717, 1.165) is 36.9 Å². The first-order valence-corrected chi connectivity index (χ1v) is 10.4. The first-order valence-electron chi connectivity index (χ1n) is 8.58. The van der Waals surface area contributed by atoms with Crippen LogP contribution in [0.1, 0.15) is 36.9 Å². The van der Waals surface area contributed by atoms with Gasteiger partial charge in [0.25, 0.3) is 0 Å². The molecule has 25 heavy (non-hydrogen) atoms. The molecular weight excluding hydrogens is 350 g/mol. The van der Waals surface area contributed by atoms with Gasteiger partial charge in [-0.1, -0.05) is 51.1 Å². The maximum Gasteiger partial charge on any atom is 0.236 e. The van der Waals surface area contributed by atoms with Crippen molar-refractivity contribution in [2.24, 2.45) is 0 Å². The Labute approximate surface area is 158 Å². The molecule has 1 amide bonds. The summed E-state index contributed by atoms with van der Waals surface area (Å²) in [5.74, 6) is 0.501. The molecule has 6 heteroatoms. The first kappa shape index (κ1) is 18.4. The number of thioether (sulfide) groups is 1. The second kappa shape index (κ2) is 7.89. The molecule has 1 aliphatic rings. The highest BCUT2D eigenvalue weighted by Gasteiger charge is 2.22. The molecule has 1 N–H and O–H groups in total. The Bertz CT molecular complexity index is 722. The summed E-state index contributed by atoms with van der Waals surface area (Å²) in [6.07, 6.45) is 0.950. The van der Waals surface area contributed by atoms with Crippen molar-refractivity contribution >= 4 is 34.1 Å². The summed E-state index contributed by atoms with van der Waals surface area (Å²) in [4.78, 5) is 20.4. The van der Waals surface area contributed by atoms with Crippen LogP contribution in [0.5, 0.6) is 0 Å². The fourth-order valence-electron chi connectivity index (χ4n) is 2.72. The molecule has 0 saturated carbocycles. The second-order valence-electron chi connectivity index (χ2n) is 7.28. The van der Waals surface area contributed by atoms with E-state index in [1.807, 2.05) is 6.07 Å². The van der Waals surface area contributed by atoms with Gasteiger partial charge in [-0.15, -0.1) is 23.1 Å². The first-order chi connectivity index (χ1) is 11.9. The van der Waals surface area contributed by atoms with E-state index in [1.54, 1.807) is 23.1 Å². The highest BCUT2D eigenvalue weighted by atomic mass is 32.2.